The van der Waals surface area contributed by atoms with Crippen LogP contribution in [-0.2, 0) is 22.6 Å². The number of rotatable bonds is 6. The minimum Gasteiger partial charge on any atom is -0.340 e. The fourth-order valence-corrected chi connectivity index (χ4v) is 5.00. The highest BCUT2D eigenvalue weighted by Gasteiger charge is 2.63. The second-order valence-electron chi connectivity index (χ2n) is 6.85. The Labute approximate surface area is 157 Å². The summed E-state index contributed by atoms with van der Waals surface area (Å²) < 4.78 is -0.311. The van der Waals surface area contributed by atoms with Gasteiger partial charge in [-0.05, 0) is 25.6 Å². The lowest BCUT2D eigenvalue weighted by atomic mass is 9.95. The van der Waals surface area contributed by atoms with Crippen molar-refractivity contribution in [1.82, 2.24) is 51.0 Å². The molecular weight excluding hydrogens is 374 g/mol. The van der Waals surface area contributed by atoms with Crippen molar-refractivity contribution in [3.63, 3.8) is 0 Å². The molecule has 0 spiro atoms. The minimum atomic E-state index is -0.606. The Balaban J connectivity index is 1.41. The van der Waals surface area contributed by atoms with Crippen LogP contribution in [0.15, 0.2) is 0 Å². The minimum absolute atomic E-state index is 0.115. The lowest BCUT2D eigenvalue weighted by molar-refractivity contribution is -0.152. The number of aromatic amines is 1. The zero-order chi connectivity index (χ0) is 19.2. The predicted octanol–water partition coefficient (Wildman–Crippen LogP) is -2.39. The molecule has 0 radical (unpaired) electrons. The molecular formula is C13H19N11O2S. The average molecular weight is 393 g/mol. The van der Waals surface area contributed by atoms with Gasteiger partial charge in [-0.15, -0.1) is 32.2 Å². The summed E-state index contributed by atoms with van der Waals surface area (Å²) in [5, 5.41) is 28.3. The van der Waals surface area contributed by atoms with Gasteiger partial charge in [-0.2, -0.15) is 10.0 Å². The largest absolute Gasteiger partial charge is 0.340 e. The van der Waals surface area contributed by atoms with Crippen molar-refractivity contribution in [3.05, 3.63) is 11.6 Å². The van der Waals surface area contributed by atoms with Crippen LogP contribution >= 0.6 is 11.8 Å². The third kappa shape index (κ3) is 3.03. The number of tetrazole rings is 2. The number of carbonyl (C=O) groups is 2. The Morgan fingerprint density at radius 3 is 2.93 bits per heavy atom. The van der Waals surface area contributed by atoms with Crippen LogP contribution in [0.4, 0.5) is 0 Å². The second-order valence-corrected chi connectivity index (χ2v) is 8.62. The summed E-state index contributed by atoms with van der Waals surface area (Å²) in [6.45, 7) is 4.32. The second kappa shape index (κ2) is 6.53. The third-order valence-electron chi connectivity index (χ3n) is 4.51. The summed E-state index contributed by atoms with van der Waals surface area (Å²) in [7, 11) is 0. The summed E-state index contributed by atoms with van der Waals surface area (Å²) in [5.41, 5.74) is 5.44. The van der Waals surface area contributed by atoms with Crippen LogP contribution in [0.5, 0.6) is 0 Å². The van der Waals surface area contributed by atoms with E-state index in [0.29, 0.717) is 24.6 Å². The highest BCUT2D eigenvalue weighted by Crippen LogP contribution is 2.56. The lowest BCUT2D eigenvalue weighted by Crippen LogP contribution is -2.68. The number of nitrogens with two attached hydrogens (primary N) is 1. The van der Waals surface area contributed by atoms with Crippen molar-refractivity contribution in [1.29, 1.82) is 0 Å². The predicted molar refractivity (Wildman–Crippen MR) is 91.7 cm³/mol. The van der Waals surface area contributed by atoms with E-state index in [1.807, 2.05) is 13.8 Å². The average Bonchev–Trinajstić information content (AvgIpc) is 3.32. The van der Waals surface area contributed by atoms with E-state index >= 15 is 0 Å². The maximum absolute atomic E-state index is 12.7. The van der Waals surface area contributed by atoms with Crippen LogP contribution < -0.4 is 11.1 Å². The number of thioether (sulfide) groups is 1. The molecule has 4 N–H and O–H groups in total. The summed E-state index contributed by atoms with van der Waals surface area (Å²) in [6, 6.07) is -0.909. The van der Waals surface area contributed by atoms with Gasteiger partial charge >= 0.3 is 0 Å². The number of carbonyl (C=O) groups excluding carboxylic acids is 2. The summed E-state index contributed by atoms with van der Waals surface area (Å²) in [5.74, 6) is 0.419. The molecule has 2 aliphatic heterocycles. The van der Waals surface area contributed by atoms with Gasteiger partial charge in [-0.3, -0.25) is 9.59 Å². The number of amides is 2. The Kier molecular flexibility index (Phi) is 4.30. The molecule has 0 aliphatic carbocycles. The SMILES string of the molecule is CC1(C)S[C@H]2C(NC(=O)Cn3nnc(CCN)n3)C(=O)N2C1c1nn[nH]n1. The summed E-state index contributed by atoms with van der Waals surface area (Å²) in [6.07, 6.45) is 0.489. The topological polar surface area (TPSA) is 173 Å². The fraction of sp³-hybridized carbons (Fsp3) is 0.692. The van der Waals surface area contributed by atoms with Crippen LogP contribution in [0.25, 0.3) is 0 Å². The summed E-state index contributed by atoms with van der Waals surface area (Å²) in [4.78, 5) is 27.9. The molecule has 144 valence electrons. The standard InChI is InChI=1S/C13H19N11O2S/c1-13(2)9(10-17-20-21-18-10)24-11(26)8(12(24)27-13)15-7(25)5-23-19-6(3-4-14)16-22-23/h8-9,12H,3-5,14H2,1-2H3,(H,15,25)(H,17,18,20,21)/t8?,9?,12-/m0/s1. The van der Waals surface area contributed by atoms with E-state index in [0.717, 1.165) is 0 Å². The monoisotopic (exact) mass is 393 g/mol. The number of fused-ring (bicyclic) bond motifs is 1. The molecule has 2 aromatic rings. The van der Waals surface area contributed by atoms with Crippen LogP contribution in [0.1, 0.15) is 31.5 Å². The van der Waals surface area contributed by atoms with E-state index in [1.165, 1.54) is 4.80 Å². The lowest BCUT2D eigenvalue weighted by Gasteiger charge is -2.43. The summed E-state index contributed by atoms with van der Waals surface area (Å²) >= 11 is 1.60. The van der Waals surface area contributed by atoms with Gasteiger partial charge in [-0.1, -0.05) is 5.21 Å². The number of nitrogens with zero attached hydrogens (tertiary/aromatic N) is 8. The normalized spacial score (nSPS) is 26.0. The molecule has 3 atom stereocenters. The van der Waals surface area contributed by atoms with Gasteiger partial charge in [0.1, 0.15) is 24.0 Å². The quantitative estimate of drug-likeness (QED) is 0.449. The molecule has 2 aromatic heterocycles. The van der Waals surface area contributed by atoms with E-state index < -0.39 is 6.04 Å². The molecule has 0 bridgehead atoms. The van der Waals surface area contributed by atoms with Crippen molar-refractivity contribution in [2.24, 2.45) is 5.73 Å². The van der Waals surface area contributed by atoms with E-state index in [4.69, 9.17) is 5.73 Å². The van der Waals surface area contributed by atoms with E-state index in [2.05, 4.69) is 41.4 Å². The Morgan fingerprint density at radius 2 is 2.22 bits per heavy atom. The number of hydrogen-bond acceptors (Lipinski definition) is 10. The van der Waals surface area contributed by atoms with Crippen LogP contribution in [0, 0.1) is 0 Å². The van der Waals surface area contributed by atoms with E-state index in [-0.39, 0.29) is 34.5 Å². The molecule has 0 saturated carbocycles. The van der Waals surface area contributed by atoms with Crippen LogP contribution in [0.2, 0.25) is 0 Å². The van der Waals surface area contributed by atoms with Gasteiger partial charge in [-0.25, -0.2) is 0 Å². The molecule has 4 rings (SSSR count). The molecule has 0 aromatic carbocycles. The number of nitrogens with one attached hydrogen (secondary N) is 2. The van der Waals surface area contributed by atoms with Gasteiger partial charge in [0.2, 0.25) is 11.8 Å². The highest BCUT2D eigenvalue weighted by atomic mass is 32.2. The third-order valence-corrected chi connectivity index (χ3v) is 6.08. The first kappa shape index (κ1) is 17.8. The Morgan fingerprint density at radius 1 is 1.41 bits per heavy atom. The zero-order valence-corrected chi connectivity index (χ0v) is 15.5. The first-order valence-electron chi connectivity index (χ1n) is 8.40. The molecule has 13 nitrogen and oxygen atoms in total. The van der Waals surface area contributed by atoms with E-state index in [9.17, 15) is 9.59 Å². The molecule has 14 heteroatoms. The van der Waals surface area contributed by atoms with Gasteiger partial charge < -0.3 is 16.0 Å². The molecule has 2 aliphatic rings. The maximum atomic E-state index is 12.7. The molecule has 27 heavy (non-hydrogen) atoms. The zero-order valence-electron chi connectivity index (χ0n) is 14.7. The first-order chi connectivity index (χ1) is 12.9. The molecule has 4 heterocycles. The van der Waals surface area contributed by atoms with E-state index in [1.54, 1.807) is 16.7 Å². The first-order valence-corrected chi connectivity index (χ1v) is 9.28. The van der Waals surface area contributed by atoms with Crippen molar-refractivity contribution in [3.8, 4) is 0 Å². The number of hydrogen-bond donors (Lipinski definition) is 3. The number of aromatic nitrogens is 8. The molecule has 2 amide bonds. The smallest absolute Gasteiger partial charge is 0.249 e. The van der Waals surface area contributed by atoms with Crippen LogP contribution in [-0.4, -0.2) is 80.3 Å². The fourth-order valence-electron chi connectivity index (χ4n) is 3.37. The number of β-lactam (4-membered cyclic amide) rings is 1. The van der Waals surface area contributed by atoms with Crippen molar-refractivity contribution >= 4 is 23.6 Å². The van der Waals surface area contributed by atoms with Crippen molar-refractivity contribution in [2.75, 3.05) is 6.54 Å². The highest BCUT2D eigenvalue weighted by molar-refractivity contribution is 8.01. The molecule has 2 fully saturated rings. The van der Waals surface area contributed by atoms with Gasteiger partial charge in [0.15, 0.2) is 11.6 Å². The Hall–Kier alpha value is -2.61. The molecule has 2 saturated heterocycles. The van der Waals surface area contributed by atoms with Gasteiger partial charge in [0.05, 0.1) is 0 Å². The maximum Gasteiger partial charge on any atom is 0.249 e. The van der Waals surface area contributed by atoms with Gasteiger partial charge in [0, 0.05) is 11.2 Å². The van der Waals surface area contributed by atoms with Crippen molar-refractivity contribution < 1.29 is 9.59 Å². The van der Waals surface area contributed by atoms with Crippen molar-refractivity contribution in [2.45, 2.75) is 49.0 Å². The molecule has 2 unspecified atom stereocenters. The number of H-pyrrole nitrogens is 1. The van der Waals surface area contributed by atoms with Gasteiger partial charge in [0.25, 0.3) is 0 Å². The Bertz CT molecular complexity index is 850. The van der Waals surface area contributed by atoms with Crippen LogP contribution in [0.3, 0.4) is 0 Å².